The SMILES string of the molecule is Cc1cc(F)ccc1N1CCC[C@H](N[C@@H]2CCSC2)C1=O. The Bertz CT molecular complexity index is 531. The quantitative estimate of drug-likeness (QED) is 0.932. The van der Waals surface area contributed by atoms with Crippen molar-refractivity contribution in [2.45, 2.75) is 38.3 Å². The minimum absolute atomic E-state index is 0.0908. The van der Waals surface area contributed by atoms with Crippen LogP contribution in [0.15, 0.2) is 18.2 Å². The molecule has 1 aromatic carbocycles. The van der Waals surface area contributed by atoms with Crippen molar-refractivity contribution in [1.29, 1.82) is 0 Å². The van der Waals surface area contributed by atoms with Crippen molar-refractivity contribution >= 4 is 23.4 Å². The molecule has 0 spiro atoms. The van der Waals surface area contributed by atoms with Crippen LogP contribution >= 0.6 is 11.8 Å². The van der Waals surface area contributed by atoms with Crippen LogP contribution in [0.1, 0.15) is 24.8 Å². The van der Waals surface area contributed by atoms with Crippen LogP contribution in [-0.4, -0.2) is 36.0 Å². The monoisotopic (exact) mass is 308 g/mol. The van der Waals surface area contributed by atoms with E-state index in [1.165, 1.54) is 17.9 Å². The molecule has 0 aromatic heterocycles. The number of carbonyl (C=O) groups is 1. The lowest BCUT2D eigenvalue weighted by Crippen LogP contribution is -2.53. The second-order valence-electron chi connectivity index (χ2n) is 5.84. The summed E-state index contributed by atoms with van der Waals surface area (Å²) >= 11 is 1.94. The third-order valence-corrected chi connectivity index (χ3v) is 5.42. The number of benzene rings is 1. The van der Waals surface area contributed by atoms with Crippen molar-refractivity contribution in [2.24, 2.45) is 0 Å². The molecule has 2 saturated heterocycles. The molecule has 0 bridgehead atoms. The van der Waals surface area contributed by atoms with Crippen molar-refractivity contribution in [3.05, 3.63) is 29.6 Å². The zero-order chi connectivity index (χ0) is 14.8. The van der Waals surface area contributed by atoms with Gasteiger partial charge in [-0.3, -0.25) is 4.79 Å². The van der Waals surface area contributed by atoms with Gasteiger partial charge in [0.2, 0.25) is 5.91 Å². The Morgan fingerprint density at radius 3 is 2.95 bits per heavy atom. The summed E-state index contributed by atoms with van der Waals surface area (Å²) in [5.41, 5.74) is 1.66. The van der Waals surface area contributed by atoms with E-state index in [0.717, 1.165) is 42.8 Å². The normalized spacial score (nSPS) is 26.4. The number of rotatable bonds is 3. The second-order valence-corrected chi connectivity index (χ2v) is 6.99. The molecule has 1 N–H and O–H groups in total. The lowest BCUT2D eigenvalue weighted by atomic mass is 10.0. The number of halogens is 1. The number of nitrogens with one attached hydrogen (secondary N) is 1. The van der Waals surface area contributed by atoms with E-state index >= 15 is 0 Å². The number of carbonyl (C=O) groups excluding carboxylic acids is 1. The lowest BCUT2D eigenvalue weighted by molar-refractivity contribution is -0.122. The van der Waals surface area contributed by atoms with Gasteiger partial charge in [-0.15, -0.1) is 0 Å². The second kappa shape index (κ2) is 6.36. The molecule has 5 heteroatoms. The van der Waals surface area contributed by atoms with Gasteiger partial charge in [0.25, 0.3) is 0 Å². The highest BCUT2D eigenvalue weighted by molar-refractivity contribution is 7.99. The van der Waals surface area contributed by atoms with Gasteiger partial charge in [-0.2, -0.15) is 11.8 Å². The average molecular weight is 308 g/mol. The molecule has 21 heavy (non-hydrogen) atoms. The van der Waals surface area contributed by atoms with Crippen LogP contribution in [0.25, 0.3) is 0 Å². The Labute approximate surface area is 129 Å². The number of hydrogen-bond acceptors (Lipinski definition) is 3. The zero-order valence-corrected chi connectivity index (χ0v) is 13.1. The maximum atomic E-state index is 13.2. The maximum Gasteiger partial charge on any atom is 0.244 e. The number of nitrogens with zero attached hydrogens (tertiary/aromatic N) is 1. The molecule has 3 nitrogen and oxygen atoms in total. The summed E-state index contributed by atoms with van der Waals surface area (Å²) in [7, 11) is 0. The van der Waals surface area contributed by atoms with Gasteiger partial charge in [0.1, 0.15) is 5.82 Å². The summed E-state index contributed by atoms with van der Waals surface area (Å²) in [6, 6.07) is 5.01. The smallest absolute Gasteiger partial charge is 0.244 e. The Morgan fingerprint density at radius 1 is 1.38 bits per heavy atom. The van der Waals surface area contributed by atoms with Gasteiger partial charge in [-0.05, 0) is 55.7 Å². The number of piperidine rings is 1. The summed E-state index contributed by atoms with van der Waals surface area (Å²) in [5.74, 6) is 2.16. The van der Waals surface area contributed by atoms with E-state index in [1.807, 2.05) is 23.6 Å². The fourth-order valence-electron chi connectivity index (χ4n) is 3.14. The molecule has 114 valence electrons. The first kappa shape index (κ1) is 14.9. The molecule has 0 radical (unpaired) electrons. The van der Waals surface area contributed by atoms with E-state index in [0.29, 0.717) is 6.04 Å². The highest BCUT2D eigenvalue weighted by Gasteiger charge is 2.32. The first-order valence-electron chi connectivity index (χ1n) is 7.56. The molecule has 0 saturated carbocycles. The molecule has 3 rings (SSSR count). The van der Waals surface area contributed by atoms with Crippen molar-refractivity contribution in [2.75, 3.05) is 23.0 Å². The summed E-state index contributed by atoms with van der Waals surface area (Å²) in [5, 5.41) is 3.51. The third kappa shape index (κ3) is 3.24. The highest BCUT2D eigenvalue weighted by Crippen LogP contribution is 2.26. The summed E-state index contributed by atoms with van der Waals surface area (Å²) in [6.45, 7) is 2.58. The van der Waals surface area contributed by atoms with Crippen LogP contribution in [0, 0.1) is 12.7 Å². The van der Waals surface area contributed by atoms with Crippen molar-refractivity contribution < 1.29 is 9.18 Å². The lowest BCUT2D eigenvalue weighted by Gasteiger charge is -2.34. The molecule has 2 fully saturated rings. The Morgan fingerprint density at radius 2 is 2.24 bits per heavy atom. The van der Waals surface area contributed by atoms with E-state index in [-0.39, 0.29) is 17.8 Å². The average Bonchev–Trinajstić information content (AvgIpc) is 2.95. The molecule has 1 amide bonds. The Kier molecular flexibility index (Phi) is 4.50. The van der Waals surface area contributed by atoms with Crippen molar-refractivity contribution in [1.82, 2.24) is 5.32 Å². The van der Waals surface area contributed by atoms with Crippen LogP contribution in [-0.2, 0) is 4.79 Å². The van der Waals surface area contributed by atoms with E-state index in [2.05, 4.69) is 5.32 Å². The zero-order valence-electron chi connectivity index (χ0n) is 12.3. The minimum atomic E-state index is -0.252. The van der Waals surface area contributed by atoms with Gasteiger partial charge in [0.05, 0.1) is 6.04 Å². The molecule has 0 aliphatic carbocycles. The first-order chi connectivity index (χ1) is 10.1. The van der Waals surface area contributed by atoms with E-state index in [9.17, 15) is 9.18 Å². The summed E-state index contributed by atoms with van der Waals surface area (Å²) in [6.07, 6.45) is 3.03. The van der Waals surface area contributed by atoms with Crippen LogP contribution in [0.5, 0.6) is 0 Å². The summed E-state index contributed by atoms with van der Waals surface area (Å²) in [4.78, 5) is 14.5. The van der Waals surface area contributed by atoms with Gasteiger partial charge in [0.15, 0.2) is 0 Å². The van der Waals surface area contributed by atoms with Crippen molar-refractivity contribution in [3.63, 3.8) is 0 Å². The first-order valence-corrected chi connectivity index (χ1v) is 8.72. The molecule has 2 aliphatic rings. The Hall–Kier alpha value is -1.07. The molecule has 2 aliphatic heterocycles. The molecule has 1 aromatic rings. The minimum Gasteiger partial charge on any atom is -0.311 e. The fourth-order valence-corrected chi connectivity index (χ4v) is 4.31. The third-order valence-electron chi connectivity index (χ3n) is 4.25. The van der Waals surface area contributed by atoms with E-state index in [4.69, 9.17) is 0 Å². The number of thioether (sulfide) groups is 1. The number of aryl methyl sites for hydroxylation is 1. The number of anilines is 1. The molecular weight excluding hydrogens is 287 g/mol. The van der Waals surface area contributed by atoms with Crippen LogP contribution < -0.4 is 10.2 Å². The molecular formula is C16H21FN2OS. The standard InChI is InChI=1S/C16H21FN2OS/c1-11-9-12(17)4-5-15(11)19-7-2-3-14(16(19)20)18-13-6-8-21-10-13/h4-5,9,13-14,18H,2-3,6-8,10H2,1H3/t13-,14+/m1/s1. The van der Waals surface area contributed by atoms with Crippen LogP contribution in [0.3, 0.4) is 0 Å². The van der Waals surface area contributed by atoms with Crippen molar-refractivity contribution in [3.8, 4) is 0 Å². The molecule has 2 heterocycles. The number of amides is 1. The van der Waals surface area contributed by atoms with Gasteiger partial charge in [-0.1, -0.05) is 0 Å². The van der Waals surface area contributed by atoms with Crippen LogP contribution in [0.4, 0.5) is 10.1 Å². The fraction of sp³-hybridized carbons (Fsp3) is 0.562. The predicted molar refractivity (Wildman–Crippen MR) is 85.4 cm³/mol. The largest absolute Gasteiger partial charge is 0.311 e. The maximum absolute atomic E-state index is 13.2. The Balaban J connectivity index is 1.74. The van der Waals surface area contributed by atoms with E-state index < -0.39 is 0 Å². The molecule has 2 atom stereocenters. The topological polar surface area (TPSA) is 32.3 Å². The van der Waals surface area contributed by atoms with Gasteiger partial charge >= 0.3 is 0 Å². The predicted octanol–water partition coefficient (Wildman–Crippen LogP) is 2.72. The summed E-state index contributed by atoms with van der Waals surface area (Å²) < 4.78 is 13.2. The van der Waals surface area contributed by atoms with E-state index in [1.54, 1.807) is 6.07 Å². The van der Waals surface area contributed by atoms with Gasteiger partial charge < -0.3 is 10.2 Å². The van der Waals surface area contributed by atoms with Gasteiger partial charge in [-0.25, -0.2) is 4.39 Å². The highest BCUT2D eigenvalue weighted by atomic mass is 32.2. The molecule has 0 unspecified atom stereocenters. The van der Waals surface area contributed by atoms with Crippen LogP contribution in [0.2, 0.25) is 0 Å². The van der Waals surface area contributed by atoms with Gasteiger partial charge in [0, 0.05) is 24.0 Å². The number of hydrogen-bond donors (Lipinski definition) is 1.